The number of fused-ring (bicyclic) bond motifs is 3. The summed E-state index contributed by atoms with van der Waals surface area (Å²) >= 11 is 0. The SMILES string of the molecule is COc1ccccc1OCC(=O)N1CCc2c([nH]c3ccccc23)C1. The maximum atomic E-state index is 12.5. The van der Waals surface area contributed by atoms with Crippen LogP contribution in [0.3, 0.4) is 0 Å². The molecule has 1 aromatic heterocycles. The number of aromatic nitrogens is 1. The molecule has 5 heteroatoms. The van der Waals surface area contributed by atoms with Crippen molar-refractivity contribution in [2.75, 3.05) is 20.3 Å². The number of ether oxygens (including phenoxy) is 2. The van der Waals surface area contributed by atoms with Gasteiger partial charge in [0.25, 0.3) is 5.91 Å². The molecule has 0 fully saturated rings. The van der Waals surface area contributed by atoms with Gasteiger partial charge in [0, 0.05) is 23.1 Å². The highest BCUT2D eigenvalue weighted by molar-refractivity contribution is 5.85. The van der Waals surface area contributed by atoms with Gasteiger partial charge in [-0.15, -0.1) is 0 Å². The molecule has 1 N–H and O–H groups in total. The van der Waals surface area contributed by atoms with Crippen LogP contribution in [0.5, 0.6) is 11.5 Å². The number of aromatic amines is 1. The third-order valence-electron chi connectivity index (χ3n) is 4.66. The molecule has 5 nitrogen and oxygen atoms in total. The summed E-state index contributed by atoms with van der Waals surface area (Å²) in [5.74, 6) is 1.20. The lowest BCUT2D eigenvalue weighted by Gasteiger charge is -2.27. The van der Waals surface area contributed by atoms with E-state index in [1.807, 2.05) is 29.2 Å². The fourth-order valence-electron chi connectivity index (χ4n) is 3.37. The van der Waals surface area contributed by atoms with Crippen LogP contribution in [0.4, 0.5) is 0 Å². The highest BCUT2D eigenvalue weighted by atomic mass is 16.5. The normalized spacial score (nSPS) is 13.6. The number of hydrogen-bond acceptors (Lipinski definition) is 3. The summed E-state index contributed by atoms with van der Waals surface area (Å²) in [4.78, 5) is 17.8. The Morgan fingerprint density at radius 1 is 1.12 bits per heavy atom. The molecule has 0 aliphatic carbocycles. The summed E-state index contributed by atoms with van der Waals surface area (Å²) in [6.07, 6.45) is 0.861. The van der Waals surface area contributed by atoms with Gasteiger partial charge < -0.3 is 19.4 Å². The van der Waals surface area contributed by atoms with E-state index in [-0.39, 0.29) is 12.5 Å². The third kappa shape index (κ3) is 2.93. The van der Waals surface area contributed by atoms with Crippen molar-refractivity contribution < 1.29 is 14.3 Å². The van der Waals surface area contributed by atoms with Crippen LogP contribution in [-0.2, 0) is 17.8 Å². The number of benzene rings is 2. The van der Waals surface area contributed by atoms with Gasteiger partial charge >= 0.3 is 0 Å². The molecule has 4 rings (SSSR count). The maximum Gasteiger partial charge on any atom is 0.260 e. The molecule has 25 heavy (non-hydrogen) atoms. The molecule has 1 aliphatic rings. The first kappa shape index (κ1) is 15.6. The Kier molecular flexibility index (Phi) is 4.06. The monoisotopic (exact) mass is 336 g/mol. The van der Waals surface area contributed by atoms with Crippen molar-refractivity contribution in [3.05, 3.63) is 59.8 Å². The number of nitrogens with one attached hydrogen (secondary N) is 1. The van der Waals surface area contributed by atoms with Crippen LogP contribution >= 0.6 is 0 Å². The van der Waals surface area contributed by atoms with E-state index in [0.717, 1.165) is 17.6 Å². The van der Waals surface area contributed by atoms with Crippen LogP contribution in [0.25, 0.3) is 10.9 Å². The van der Waals surface area contributed by atoms with Crippen molar-refractivity contribution in [2.45, 2.75) is 13.0 Å². The van der Waals surface area contributed by atoms with Crippen molar-refractivity contribution in [1.82, 2.24) is 9.88 Å². The van der Waals surface area contributed by atoms with Gasteiger partial charge in [-0.3, -0.25) is 4.79 Å². The highest BCUT2D eigenvalue weighted by Gasteiger charge is 2.24. The van der Waals surface area contributed by atoms with E-state index in [4.69, 9.17) is 9.47 Å². The second-order valence-corrected chi connectivity index (χ2v) is 6.13. The first-order chi connectivity index (χ1) is 12.3. The number of methoxy groups -OCH3 is 1. The number of nitrogens with zero attached hydrogens (tertiary/aromatic N) is 1. The molecule has 2 aromatic carbocycles. The second kappa shape index (κ2) is 6.51. The number of carbonyl (C=O) groups excluding carboxylic acids is 1. The molecule has 0 atom stereocenters. The van der Waals surface area contributed by atoms with Crippen LogP contribution in [0.1, 0.15) is 11.3 Å². The Morgan fingerprint density at radius 2 is 1.88 bits per heavy atom. The summed E-state index contributed by atoms with van der Waals surface area (Å²) in [6, 6.07) is 15.6. The number of para-hydroxylation sites is 3. The molecule has 1 aliphatic heterocycles. The molecule has 3 aromatic rings. The molecule has 0 saturated heterocycles. The number of H-pyrrole nitrogens is 1. The van der Waals surface area contributed by atoms with E-state index in [1.165, 1.54) is 10.9 Å². The first-order valence-electron chi connectivity index (χ1n) is 8.38. The van der Waals surface area contributed by atoms with E-state index < -0.39 is 0 Å². The maximum absolute atomic E-state index is 12.5. The summed E-state index contributed by atoms with van der Waals surface area (Å²) < 4.78 is 10.9. The van der Waals surface area contributed by atoms with Crippen LogP contribution in [0.15, 0.2) is 48.5 Å². The predicted octanol–water partition coefficient (Wildman–Crippen LogP) is 3.14. The summed E-state index contributed by atoms with van der Waals surface area (Å²) in [5.41, 5.74) is 3.58. The largest absolute Gasteiger partial charge is 0.493 e. The molecule has 0 unspecified atom stereocenters. The molecule has 0 radical (unpaired) electrons. The van der Waals surface area contributed by atoms with Gasteiger partial charge in [-0.1, -0.05) is 30.3 Å². The Hall–Kier alpha value is -2.95. The second-order valence-electron chi connectivity index (χ2n) is 6.13. The smallest absolute Gasteiger partial charge is 0.260 e. The predicted molar refractivity (Wildman–Crippen MR) is 95.9 cm³/mol. The van der Waals surface area contributed by atoms with Crippen LogP contribution in [0.2, 0.25) is 0 Å². The number of hydrogen-bond donors (Lipinski definition) is 1. The van der Waals surface area contributed by atoms with Crippen molar-refractivity contribution in [1.29, 1.82) is 0 Å². The molecule has 1 amide bonds. The number of rotatable bonds is 4. The Bertz CT molecular complexity index is 916. The number of amides is 1. The van der Waals surface area contributed by atoms with Crippen molar-refractivity contribution >= 4 is 16.8 Å². The Labute approximate surface area is 146 Å². The topological polar surface area (TPSA) is 54.6 Å². The molecular formula is C20H20N2O3. The minimum absolute atomic E-state index is 0.00986. The lowest BCUT2D eigenvalue weighted by Crippen LogP contribution is -2.38. The molecular weight excluding hydrogens is 316 g/mol. The van der Waals surface area contributed by atoms with Crippen molar-refractivity contribution in [2.24, 2.45) is 0 Å². The fraction of sp³-hybridized carbons (Fsp3) is 0.250. The third-order valence-corrected chi connectivity index (χ3v) is 4.66. The van der Waals surface area contributed by atoms with Crippen molar-refractivity contribution in [3.8, 4) is 11.5 Å². The van der Waals surface area contributed by atoms with Crippen LogP contribution in [-0.4, -0.2) is 36.1 Å². The Balaban J connectivity index is 1.45. The Morgan fingerprint density at radius 3 is 2.72 bits per heavy atom. The van der Waals surface area contributed by atoms with E-state index in [9.17, 15) is 4.79 Å². The molecule has 2 heterocycles. The lowest BCUT2D eigenvalue weighted by molar-refractivity contribution is -0.134. The molecule has 128 valence electrons. The fourth-order valence-corrected chi connectivity index (χ4v) is 3.37. The van der Waals surface area contributed by atoms with Gasteiger partial charge in [-0.25, -0.2) is 0 Å². The highest BCUT2D eigenvalue weighted by Crippen LogP contribution is 2.28. The zero-order valence-corrected chi connectivity index (χ0v) is 14.1. The van der Waals surface area contributed by atoms with E-state index in [2.05, 4.69) is 23.2 Å². The minimum atomic E-state index is -0.0183. The molecule has 0 spiro atoms. The standard InChI is InChI=1S/C20H20N2O3/c1-24-18-8-4-5-9-19(18)25-13-20(23)22-11-10-15-14-6-2-3-7-16(14)21-17(15)12-22/h2-9,21H,10-13H2,1H3. The first-order valence-corrected chi connectivity index (χ1v) is 8.38. The summed E-state index contributed by atoms with van der Waals surface area (Å²) in [5, 5.41) is 1.26. The van der Waals surface area contributed by atoms with Gasteiger partial charge in [-0.2, -0.15) is 0 Å². The summed E-state index contributed by atoms with van der Waals surface area (Å²) in [7, 11) is 1.59. The van der Waals surface area contributed by atoms with Gasteiger partial charge in [0.1, 0.15) is 0 Å². The average molecular weight is 336 g/mol. The molecule has 0 saturated carbocycles. The van der Waals surface area contributed by atoms with Gasteiger partial charge in [0.15, 0.2) is 18.1 Å². The van der Waals surface area contributed by atoms with Crippen LogP contribution < -0.4 is 9.47 Å². The van der Waals surface area contributed by atoms with E-state index in [1.54, 1.807) is 13.2 Å². The lowest BCUT2D eigenvalue weighted by atomic mass is 10.0. The van der Waals surface area contributed by atoms with Gasteiger partial charge in [-0.05, 0) is 30.2 Å². The van der Waals surface area contributed by atoms with Gasteiger partial charge in [0.05, 0.1) is 13.7 Å². The quantitative estimate of drug-likeness (QED) is 0.796. The van der Waals surface area contributed by atoms with E-state index >= 15 is 0 Å². The molecule has 0 bridgehead atoms. The van der Waals surface area contributed by atoms with Gasteiger partial charge in [0.2, 0.25) is 0 Å². The van der Waals surface area contributed by atoms with Crippen molar-refractivity contribution in [3.63, 3.8) is 0 Å². The zero-order chi connectivity index (χ0) is 17.2. The van der Waals surface area contributed by atoms with Crippen LogP contribution in [0, 0.1) is 0 Å². The minimum Gasteiger partial charge on any atom is -0.493 e. The average Bonchev–Trinajstić information content (AvgIpc) is 3.04. The zero-order valence-electron chi connectivity index (χ0n) is 14.1. The summed E-state index contributed by atoms with van der Waals surface area (Å²) in [6.45, 7) is 1.32. The number of carbonyl (C=O) groups is 1. The van der Waals surface area contributed by atoms with E-state index in [0.29, 0.717) is 24.6 Å².